The lowest BCUT2D eigenvalue weighted by Crippen LogP contribution is -2.27. The molecule has 0 unspecified atom stereocenters. The molecule has 0 bridgehead atoms. The number of unbranched alkanes of at least 4 members (excludes halogenated alkanes) is 1. The molecule has 1 amide bonds. The van der Waals surface area contributed by atoms with Gasteiger partial charge in [-0.15, -0.1) is 0 Å². The second-order valence-corrected chi connectivity index (χ2v) is 7.85. The van der Waals surface area contributed by atoms with Gasteiger partial charge in [-0.3, -0.25) is 9.52 Å². The van der Waals surface area contributed by atoms with Crippen LogP contribution in [0.2, 0.25) is 0 Å². The molecule has 0 aromatic heterocycles. The smallest absolute Gasteiger partial charge is 0.261 e. The van der Waals surface area contributed by atoms with E-state index in [1.807, 2.05) is 6.92 Å². The highest BCUT2D eigenvalue weighted by molar-refractivity contribution is 7.92. The van der Waals surface area contributed by atoms with Crippen molar-refractivity contribution >= 4 is 21.6 Å². The average molecular weight is 391 g/mol. The van der Waals surface area contributed by atoms with Crippen LogP contribution in [0, 0.1) is 0 Å². The molecular formula is C20H26N2O4S. The van der Waals surface area contributed by atoms with Crippen LogP contribution < -0.4 is 9.46 Å². The highest BCUT2D eigenvalue weighted by atomic mass is 32.2. The van der Waals surface area contributed by atoms with Gasteiger partial charge in [0.1, 0.15) is 5.75 Å². The van der Waals surface area contributed by atoms with Crippen molar-refractivity contribution in [2.24, 2.45) is 0 Å². The Morgan fingerprint density at radius 2 is 1.81 bits per heavy atom. The molecule has 2 rings (SSSR count). The molecule has 0 spiro atoms. The van der Waals surface area contributed by atoms with E-state index in [1.165, 1.54) is 12.1 Å². The second kappa shape index (κ2) is 9.41. The lowest BCUT2D eigenvalue weighted by Gasteiger charge is -2.17. The third-order valence-electron chi connectivity index (χ3n) is 4.00. The third kappa shape index (κ3) is 5.72. The maximum Gasteiger partial charge on any atom is 0.261 e. The van der Waals surface area contributed by atoms with Gasteiger partial charge in [0.2, 0.25) is 0 Å². The van der Waals surface area contributed by atoms with E-state index in [-0.39, 0.29) is 10.8 Å². The summed E-state index contributed by atoms with van der Waals surface area (Å²) in [7, 11) is -2.08. The first kappa shape index (κ1) is 20.8. The number of carbonyl (C=O) groups is 1. The third-order valence-corrected chi connectivity index (χ3v) is 5.38. The highest BCUT2D eigenvalue weighted by Gasteiger charge is 2.18. The number of benzene rings is 2. The van der Waals surface area contributed by atoms with Crippen LogP contribution in [-0.4, -0.2) is 39.4 Å². The number of nitrogens with one attached hydrogen (secondary N) is 1. The van der Waals surface area contributed by atoms with Crippen LogP contribution in [0.15, 0.2) is 53.4 Å². The summed E-state index contributed by atoms with van der Waals surface area (Å²) in [6.45, 7) is 5.11. The Balaban J connectivity index is 2.17. The van der Waals surface area contributed by atoms with Crippen LogP contribution in [0.5, 0.6) is 5.75 Å². The van der Waals surface area contributed by atoms with Crippen LogP contribution in [0.3, 0.4) is 0 Å². The van der Waals surface area contributed by atoms with Crippen LogP contribution >= 0.6 is 0 Å². The number of amides is 1. The normalized spacial score (nSPS) is 11.1. The Kier molecular flexibility index (Phi) is 7.24. The van der Waals surface area contributed by atoms with E-state index in [4.69, 9.17) is 4.74 Å². The minimum absolute atomic E-state index is 0.0473. The van der Waals surface area contributed by atoms with E-state index in [0.717, 1.165) is 12.8 Å². The number of hydrogen-bond acceptors (Lipinski definition) is 4. The summed E-state index contributed by atoms with van der Waals surface area (Å²) in [6.07, 6.45) is 1.89. The molecule has 0 aliphatic heterocycles. The summed E-state index contributed by atoms with van der Waals surface area (Å²) in [5.74, 6) is 0.477. The van der Waals surface area contributed by atoms with Gasteiger partial charge in [0.05, 0.1) is 11.5 Å². The summed E-state index contributed by atoms with van der Waals surface area (Å²) >= 11 is 0. The van der Waals surface area contributed by atoms with Gasteiger partial charge in [0.25, 0.3) is 15.9 Å². The van der Waals surface area contributed by atoms with Crippen LogP contribution in [0.25, 0.3) is 0 Å². The molecule has 0 heterocycles. The lowest BCUT2D eigenvalue weighted by molar-refractivity contribution is 0.0793. The monoisotopic (exact) mass is 390 g/mol. The number of anilines is 1. The molecule has 0 fully saturated rings. The quantitative estimate of drug-likeness (QED) is 0.707. The number of sulfonamides is 1. The number of ether oxygens (including phenoxy) is 1. The molecule has 146 valence electrons. The van der Waals surface area contributed by atoms with E-state index in [0.29, 0.717) is 30.2 Å². The van der Waals surface area contributed by atoms with E-state index in [1.54, 1.807) is 48.3 Å². The average Bonchev–Trinajstić information content (AvgIpc) is 2.67. The fourth-order valence-corrected chi connectivity index (χ4v) is 3.62. The Bertz CT molecular complexity index is 864. The van der Waals surface area contributed by atoms with Crippen molar-refractivity contribution in [3.05, 3.63) is 54.1 Å². The molecule has 2 aromatic rings. The Labute approximate surface area is 161 Å². The molecule has 7 heteroatoms. The number of hydrogen-bond donors (Lipinski definition) is 1. The van der Waals surface area contributed by atoms with Crippen molar-refractivity contribution in [2.75, 3.05) is 24.9 Å². The first-order chi connectivity index (χ1) is 12.9. The SMILES string of the molecule is CCCCN(C)C(=O)c1cccc(S(=O)(=O)Nc2ccc(OCC)cc2)c1. The summed E-state index contributed by atoms with van der Waals surface area (Å²) in [5.41, 5.74) is 0.776. The van der Waals surface area contributed by atoms with E-state index in [9.17, 15) is 13.2 Å². The molecule has 0 saturated heterocycles. The standard InChI is InChI=1S/C20H26N2O4S/c1-4-6-14-22(3)20(23)16-8-7-9-19(15-16)27(24,25)21-17-10-12-18(13-11-17)26-5-2/h7-13,15,21H,4-6,14H2,1-3H3. The molecular weight excluding hydrogens is 364 g/mol. The molecule has 0 aliphatic carbocycles. The largest absolute Gasteiger partial charge is 0.494 e. The van der Waals surface area contributed by atoms with Gasteiger partial charge >= 0.3 is 0 Å². The van der Waals surface area contributed by atoms with Crippen molar-refractivity contribution in [3.63, 3.8) is 0 Å². The molecule has 27 heavy (non-hydrogen) atoms. The van der Waals surface area contributed by atoms with Gasteiger partial charge in [0.15, 0.2) is 0 Å². The second-order valence-electron chi connectivity index (χ2n) is 6.17. The summed E-state index contributed by atoms with van der Waals surface area (Å²) in [5, 5.41) is 0. The highest BCUT2D eigenvalue weighted by Crippen LogP contribution is 2.20. The minimum Gasteiger partial charge on any atom is -0.494 e. The first-order valence-corrected chi connectivity index (χ1v) is 10.5. The van der Waals surface area contributed by atoms with Gasteiger partial charge in [-0.25, -0.2) is 8.42 Å². The Morgan fingerprint density at radius 1 is 1.11 bits per heavy atom. The molecule has 0 atom stereocenters. The molecule has 1 N–H and O–H groups in total. The van der Waals surface area contributed by atoms with Crippen molar-refractivity contribution < 1.29 is 17.9 Å². The Morgan fingerprint density at radius 3 is 2.44 bits per heavy atom. The first-order valence-electron chi connectivity index (χ1n) is 8.98. The maximum atomic E-state index is 12.7. The zero-order chi connectivity index (χ0) is 19.9. The van der Waals surface area contributed by atoms with Crippen molar-refractivity contribution in [3.8, 4) is 5.75 Å². The number of nitrogens with zero attached hydrogens (tertiary/aromatic N) is 1. The van der Waals surface area contributed by atoms with Gasteiger partial charge in [-0.2, -0.15) is 0 Å². The van der Waals surface area contributed by atoms with Crippen LogP contribution in [0.1, 0.15) is 37.0 Å². The van der Waals surface area contributed by atoms with Gasteiger partial charge in [0, 0.05) is 24.8 Å². The molecule has 0 radical (unpaired) electrons. The number of rotatable bonds is 9. The fraction of sp³-hybridized carbons (Fsp3) is 0.350. The zero-order valence-electron chi connectivity index (χ0n) is 15.9. The van der Waals surface area contributed by atoms with E-state index in [2.05, 4.69) is 11.6 Å². The summed E-state index contributed by atoms with van der Waals surface area (Å²) in [6, 6.07) is 12.7. The minimum atomic E-state index is -3.80. The van der Waals surface area contributed by atoms with Gasteiger partial charge < -0.3 is 9.64 Å². The number of carbonyl (C=O) groups excluding carboxylic acids is 1. The van der Waals surface area contributed by atoms with Gasteiger partial charge in [-0.1, -0.05) is 19.4 Å². The van der Waals surface area contributed by atoms with Crippen molar-refractivity contribution in [2.45, 2.75) is 31.6 Å². The summed E-state index contributed by atoms with van der Waals surface area (Å²) in [4.78, 5) is 14.1. The molecule has 6 nitrogen and oxygen atoms in total. The summed E-state index contributed by atoms with van der Waals surface area (Å²) < 4.78 is 33.2. The predicted octanol–water partition coefficient (Wildman–Crippen LogP) is 3.76. The molecule has 0 aliphatic rings. The van der Waals surface area contributed by atoms with Crippen LogP contribution in [-0.2, 0) is 10.0 Å². The lowest BCUT2D eigenvalue weighted by atomic mass is 10.2. The van der Waals surface area contributed by atoms with E-state index < -0.39 is 10.0 Å². The van der Waals surface area contributed by atoms with Crippen molar-refractivity contribution in [1.82, 2.24) is 4.90 Å². The topological polar surface area (TPSA) is 75.7 Å². The fourth-order valence-electron chi connectivity index (χ4n) is 2.51. The zero-order valence-corrected chi connectivity index (χ0v) is 16.8. The molecule has 2 aromatic carbocycles. The molecule has 0 saturated carbocycles. The Hall–Kier alpha value is -2.54. The van der Waals surface area contributed by atoms with Crippen molar-refractivity contribution in [1.29, 1.82) is 0 Å². The van der Waals surface area contributed by atoms with E-state index >= 15 is 0 Å². The van der Waals surface area contributed by atoms with Crippen LogP contribution in [0.4, 0.5) is 5.69 Å². The predicted molar refractivity (Wildman–Crippen MR) is 107 cm³/mol. The maximum absolute atomic E-state index is 12.7. The van der Waals surface area contributed by atoms with Gasteiger partial charge in [-0.05, 0) is 55.8 Å².